The van der Waals surface area contributed by atoms with Gasteiger partial charge in [-0.25, -0.2) is 0 Å². The minimum Gasteiger partial charge on any atom is -0.368 e. The van der Waals surface area contributed by atoms with Gasteiger partial charge in [-0.05, 0) is 19.1 Å². The number of amides is 1. The van der Waals surface area contributed by atoms with E-state index in [1.807, 2.05) is 0 Å². The molecule has 0 saturated heterocycles. The SMILES string of the molecule is CC(Nc1cccc(C#N)c1[N+](=O)[O-])C(=O)N(C)C. The second kappa shape index (κ2) is 5.82. The highest BCUT2D eigenvalue weighted by Gasteiger charge is 2.23. The first-order valence-corrected chi connectivity index (χ1v) is 5.53. The Morgan fingerprint density at radius 1 is 1.53 bits per heavy atom. The number of nitrogens with zero attached hydrogens (tertiary/aromatic N) is 3. The molecule has 0 heterocycles. The lowest BCUT2D eigenvalue weighted by Gasteiger charge is -2.19. The Morgan fingerprint density at radius 2 is 2.16 bits per heavy atom. The topological polar surface area (TPSA) is 99.3 Å². The van der Waals surface area contributed by atoms with Crippen molar-refractivity contribution in [2.75, 3.05) is 19.4 Å². The van der Waals surface area contributed by atoms with Crippen LogP contribution in [0.3, 0.4) is 0 Å². The van der Waals surface area contributed by atoms with Crippen molar-refractivity contribution in [1.29, 1.82) is 5.26 Å². The summed E-state index contributed by atoms with van der Waals surface area (Å²) in [7, 11) is 3.20. The Kier molecular flexibility index (Phi) is 4.42. The van der Waals surface area contributed by atoms with Crippen LogP contribution in [0.15, 0.2) is 18.2 Å². The summed E-state index contributed by atoms with van der Waals surface area (Å²) in [5.41, 5.74) is -0.199. The molecule has 0 aliphatic heterocycles. The van der Waals surface area contributed by atoms with Crippen LogP contribution < -0.4 is 5.32 Å². The number of anilines is 1. The Morgan fingerprint density at radius 3 is 2.63 bits per heavy atom. The van der Waals surface area contributed by atoms with E-state index in [1.54, 1.807) is 27.1 Å². The molecular formula is C12H14N4O3. The van der Waals surface area contributed by atoms with Crippen molar-refractivity contribution in [3.8, 4) is 6.07 Å². The van der Waals surface area contributed by atoms with Gasteiger partial charge in [-0.3, -0.25) is 14.9 Å². The van der Waals surface area contributed by atoms with Crippen molar-refractivity contribution in [3.05, 3.63) is 33.9 Å². The molecule has 0 aliphatic carbocycles. The van der Waals surface area contributed by atoms with Crippen molar-refractivity contribution < 1.29 is 9.72 Å². The van der Waals surface area contributed by atoms with Gasteiger partial charge in [-0.15, -0.1) is 0 Å². The molecule has 0 aromatic heterocycles. The van der Waals surface area contributed by atoms with Gasteiger partial charge in [-0.2, -0.15) is 5.26 Å². The molecule has 1 unspecified atom stereocenters. The van der Waals surface area contributed by atoms with Gasteiger partial charge < -0.3 is 10.2 Å². The van der Waals surface area contributed by atoms with Crippen LogP contribution in [0.5, 0.6) is 0 Å². The van der Waals surface area contributed by atoms with E-state index in [0.717, 1.165) is 0 Å². The molecule has 0 saturated carbocycles. The van der Waals surface area contributed by atoms with Gasteiger partial charge in [0.05, 0.1) is 4.92 Å². The summed E-state index contributed by atoms with van der Waals surface area (Å²) in [5.74, 6) is -0.211. The van der Waals surface area contributed by atoms with Crippen LogP contribution in [0, 0.1) is 21.4 Å². The van der Waals surface area contributed by atoms with Crippen LogP contribution in [0.4, 0.5) is 11.4 Å². The smallest absolute Gasteiger partial charge is 0.309 e. The lowest BCUT2D eigenvalue weighted by atomic mass is 10.1. The van der Waals surface area contributed by atoms with E-state index in [2.05, 4.69) is 5.32 Å². The van der Waals surface area contributed by atoms with Crippen molar-refractivity contribution >= 4 is 17.3 Å². The van der Waals surface area contributed by atoms with Gasteiger partial charge in [-0.1, -0.05) is 6.07 Å². The zero-order valence-electron chi connectivity index (χ0n) is 10.9. The summed E-state index contributed by atoms with van der Waals surface area (Å²) in [6.07, 6.45) is 0. The highest BCUT2D eigenvalue weighted by molar-refractivity contribution is 5.85. The fourth-order valence-electron chi connectivity index (χ4n) is 1.63. The normalized spacial score (nSPS) is 11.3. The summed E-state index contributed by atoms with van der Waals surface area (Å²) in [6.45, 7) is 1.60. The number of para-hydroxylation sites is 1. The third-order valence-corrected chi connectivity index (χ3v) is 2.52. The largest absolute Gasteiger partial charge is 0.368 e. The van der Waals surface area contributed by atoms with Crippen molar-refractivity contribution in [1.82, 2.24) is 4.90 Å². The number of nitrogens with one attached hydrogen (secondary N) is 1. The second-order valence-electron chi connectivity index (χ2n) is 4.17. The number of nitro groups is 1. The summed E-state index contributed by atoms with van der Waals surface area (Å²) >= 11 is 0. The molecule has 0 fully saturated rings. The number of benzene rings is 1. The fourth-order valence-corrected chi connectivity index (χ4v) is 1.63. The average molecular weight is 262 g/mol. The van der Waals surface area contributed by atoms with Crippen LogP contribution >= 0.6 is 0 Å². The summed E-state index contributed by atoms with van der Waals surface area (Å²) in [4.78, 5) is 23.5. The molecule has 19 heavy (non-hydrogen) atoms. The van der Waals surface area contributed by atoms with Gasteiger partial charge in [0, 0.05) is 14.1 Å². The predicted molar refractivity (Wildman–Crippen MR) is 69.6 cm³/mol. The summed E-state index contributed by atoms with van der Waals surface area (Å²) < 4.78 is 0. The van der Waals surface area contributed by atoms with Crippen molar-refractivity contribution in [2.24, 2.45) is 0 Å². The number of nitriles is 1. The molecule has 7 nitrogen and oxygen atoms in total. The zero-order valence-corrected chi connectivity index (χ0v) is 10.9. The summed E-state index contributed by atoms with van der Waals surface area (Å²) in [5, 5.41) is 22.6. The van der Waals surface area contributed by atoms with E-state index >= 15 is 0 Å². The Hall–Kier alpha value is -2.62. The number of rotatable bonds is 4. The molecule has 0 bridgehead atoms. The second-order valence-corrected chi connectivity index (χ2v) is 4.17. The third-order valence-electron chi connectivity index (χ3n) is 2.52. The number of carbonyl (C=O) groups excluding carboxylic acids is 1. The fraction of sp³-hybridized carbons (Fsp3) is 0.333. The highest BCUT2D eigenvalue weighted by Crippen LogP contribution is 2.28. The number of hydrogen-bond donors (Lipinski definition) is 1. The van der Waals surface area contributed by atoms with Gasteiger partial charge in [0.15, 0.2) is 0 Å². The highest BCUT2D eigenvalue weighted by atomic mass is 16.6. The zero-order chi connectivity index (χ0) is 14.6. The maximum atomic E-state index is 11.7. The van der Waals surface area contributed by atoms with Crippen molar-refractivity contribution in [3.63, 3.8) is 0 Å². The van der Waals surface area contributed by atoms with E-state index in [0.29, 0.717) is 0 Å². The van der Waals surface area contributed by atoms with Gasteiger partial charge >= 0.3 is 5.69 Å². The standard InChI is InChI=1S/C12H14N4O3/c1-8(12(17)15(2)3)14-10-6-4-5-9(7-13)11(10)16(18)19/h4-6,8,14H,1-3H3. The molecule has 1 atom stereocenters. The van der Waals surface area contributed by atoms with Crippen LogP contribution in [-0.2, 0) is 4.79 Å². The molecule has 1 rings (SSSR count). The average Bonchev–Trinajstić information content (AvgIpc) is 2.36. The number of likely N-dealkylation sites (N-methyl/N-ethyl adjacent to an activating group) is 1. The maximum absolute atomic E-state index is 11.7. The van der Waals surface area contributed by atoms with Gasteiger partial charge in [0.2, 0.25) is 5.91 Å². The predicted octanol–water partition coefficient (Wildman–Crippen LogP) is 1.36. The first-order chi connectivity index (χ1) is 8.88. The summed E-state index contributed by atoms with van der Waals surface area (Å²) in [6, 6.07) is 5.50. The maximum Gasteiger partial charge on any atom is 0.309 e. The van der Waals surface area contributed by atoms with E-state index in [-0.39, 0.29) is 22.8 Å². The van der Waals surface area contributed by atoms with Gasteiger partial charge in [0.25, 0.3) is 0 Å². The molecule has 7 heteroatoms. The van der Waals surface area contributed by atoms with E-state index in [1.165, 1.54) is 23.1 Å². The molecule has 1 aromatic carbocycles. The van der Waals surface area contributed by atoms with Crippen molar-refractivity contribution in [2.45, 2.75) is 13.0 Å². The third kappa shape index (κ3) is 3.19. The quantitative estimate of drug-likeness (QED) is 0.652. The Labute approximate surface area is 110 Å². The molecule has 1 aromatic rings. The molecule has 100 valence electrons. The molecule has 0 aliphatic rings. The molecule has 0 radical (unpaired) electrons. The minimum atomic E-state index is -0.631. The molecule has 1 N–H and O–H groups in total. The van der Waals surface area contributed by atoms with E-state index < -0.39 is 11.0 Å². The lowest BCUT2D eigenvalue weighted by molar-refractivity contribution is -0.384. The molecule has 1 amide bonds. The number of nitro benzene ring substituents is 1. The molecule has 0 spiro atoms. The molecular weight excluding hydrogens is 248 g/mol. The Bertz CT molecular complexity index is 548. The monoisotopic (exact) mass is 262 g/mol. The van der Waals surface area contributed by atoms with Crippen LogP contribution in [-0.4, -0.2) is 35.9 Å². The van der Waals surface area contributed by atoms with Gasteiger partial charge in [0.1, 0.15) is 23.4 Å². The number of hydrogen-bond acceptors (Lipinski definition) is 5. The minimum absolute atomic E-state index is 0.0421. The van der Waals surface area contributed by atoms with Crippen LogP contribution in [0.1, 0.15) is 12.5 Å². The van der Waals surface area contributed by atoms with E-state index in [9.17, 15) is 14.9 Å². The first-order valence-electron chi connectivity index (χ1n) is 5.53. The Balaban J connectivity index is 3.12. The van der Waals surface area contributed by atoms with Crippen LogP contribution in [0.2, 0.25) is 0 Å². The number of carbonyl (C=O) groups is 1. The first kappa shape index (κ1) is 14.4. The lowest BCUT2D eigenvalue weighted by Crippen LogP contribution is -2.36. The van der Waals surface area contributed by atoms with E-state index in [4.69, 9.17) is 5.26 Å². The van der Waals surface area contributed by atoms with Crippen LogP contribution in [0.25, 0.3) is 0 Å².